The number of carbonyl (C=O) groups is 1. The molecule has 40 heavy (non-hydrogen) atoms. The van der Waals surface area contributed by atoms with Gasteiger partial charge in [-0.2, -0.15) is 5.10 Å². The number of aryl methyl sites for hydroxylation is 3. The second-order valence-electron chi connectivity index (χ2n) is 10.7. The molecule has 1 aliphatic heterocycles. The van der Waals surface area contributed by atoms with Crippen LogP contribution in [0.25, 0.3) is 11.1 Å². The molecule has 208 valence electrons. The monoisotopic (exact) mass is 540 g/mol. The lowest BCUT2D eigenvalue weighted by Crippen LogP contribution is -2.41. The molecule has 1 aliphatic carbocycles. The molecule has 4 aromatic rings. The van der Waals surface area contributed by atoms with E-state index in [1.165, 1.54) is 24.1 Å². The standard InChI is InChI=1S/C31H36N6O3/c1-5-23-24(21-15-25(30(38)34(2)18-21)32-29-17-22(19-40-4)35(3)33-29)10-8-12-27(23)37-14-13-36-26-11-7-6-9-20(26)16-28(36)31(37)39/h8,10,12,15-18H,5-7,9,11,13-14,19H2,1-4H3,(H,32,33). The first-order chi connectivity index (χ1) is 19.4. The zero-order valence-electron chi connectivity index (χ0n) is 23.7. The van der Waals surface area contributed by atoms with Crippen molar-refractivity contribution in [1.29, 1.82) is 0 Å². The number of amides is 1. The summed E-state index contributed by atoms with van der Waals surface area (Å²) < 4.78 is 10.8. The SMILES string of the molecule is CCc1c(-c2cc(Nc3cc(COC)n(C)n3)c(=O)n(C)c2)cccc1N1CCn2c(cc3c2CCCC3)C1=O. The molecule has 0 saturated carbocycles. The first kappa shape index (κ1) is 26.1. The van der Waals surface area contributed by atoms with Crippen molar-refractivity contribution >= 4 is 23.1 Å². The van der Waals surface area contributed by atoms with Gasteiger partial charge in [0.05, 0.1) is 12.3 Å². The van der Waals surface area contributed by atoms with Crippen molar-refractivity contribution in [3.63, 3.8) is 0 Å². The number of hydrogen-bond donors (Lipinski definition) is 1. The number of nitrogens with one attached hydrogen (secondary N) is 1. The van der Waals surface area contributed by atoms with Gasteiger partial charge in [-0.05, 0) is 67.0 Å². The van der Waals surface area contributed by atoms with Gasteiger partial charge in [0.15, 0.2) is 5.82 Å². The number of fused-ring (bicyclic) bond motifs is 3. The number of hydrogen-bond acceptors (Lipinski definition) is 5. The average Bonchev–Trinajstić information content (AvgIpc) is 3.51. The fourth-order valence-corrected chi connectivity index (χ4v) is 6.27. The van der Waals surface area contributed by atoms with Crippen LogP contribution in [0, 0.1) is 0 Å². The zero-order valence-corrected chi connectivity index (χ0v) is 23.7. The van der Waals surface area contributed by atoms with Gasteiger partial charge in [0.25, 0.3) is 11.5 Å². The van der Waals surface area contributed by atoms with Crippen molar-refractivity contribution in [2.24, 2.45) is 14.1 Å². The lowest BCUT2D eigenvalue weighted by molar-refractivity contribution is 0.0964. The minimum Gasteiger partial charge on any atom is -0.378 e. The molecular formula is C31H36N6O3. The fourth-order valence-electron chi connectivity index (χ4n) is 6.27. The van der Waals surface area contributed by atoms with Crippen molar-refractivity contribution in [2.75, 3.05) is 23.9 Å². The van der Waals surface area contributed by atoms with E-state index in [0.29, 0.717) is 24.7 Å². The first-order valence-electron chi connectivity index (χ1n) is 14.0. The van der Waals surface area contributed by atoms with E-state index in [2.05, 4.69) is 34.0 Å². The lowest BCUT2D eigenvalue weighted by Gasteiger charge is -2.32. The summed E-state index contributed by atoms with van der Waals surface area (Å²) in [7, 11) is 5.24. The van der Waals surface area contributed by atoms with E-state index in [0.717, 1.165) is 59.6 Å². The molecule has 2 aliphatic rings. The second-order valence-corrected chi connectivity index (χ2v) is 10.7. The molecule has 1 aromatic carbocycles. The Labute approximate surface area is 234 Å². The summed E-state index contributed by atoms with van der Waals surface area (Å²) in [5, 5.41) is 7.70. The molecule has 9 nitrogen and oxygen atoms in total. The van der Waals surface area contributed by atoms with Gasteiger partial charge in [0, 0.05) is 63.5 Å². The predicted molar refractivity (Wildman–Crippen MR) is 156 cm³/mol. The molecule has 1 amide bonds. The van der Waals surface area contributed by atoms with Crippen LogP contribution in [-0.4, -0.2) is 38.5 Å². The van der Waals surface area contributed by atoms with Crippen LogP contribution < -0.4 is 15.8 Å². The lowest BCUT2D eigenvalue weighted by atomic mass is 9.96. The van der Waals surface area contributed by atoms with E-state index < -0.39 is 0 Å². The zero-order chi connectivity index (χ0) is 28.0. The number of carbonyl (C=O) groups excluding carboxylic acids is 1. The summed E-state index contributed by atoms with van der Waals surface area (Å²) >= 11 is 0. The molecule has 3 aromatic heterocycles. The largest absolute Gasteiger partial charge is 0.378 e. The van der Waals surface area contributed by atoms with Crippen molar-refractivity contribution in [1.82, 2.24) is 18.9 Å². The van der Waals surface area contributed by atoms with Crippen LogP contribution in [0.1, 0.15) is 52.8 Å². The third kappa shape index (κ3) is 4.44. The number of anilines is 3. The molecule has 0 bridgehead atoms. The van der Waals surface area contributed by atoms with Gasteiger partial charge in [-0.25, -0.2) is 0 Å². The molecule has 0 radical (unpaired) electrons. The smallest absolute Gasteiger partial charge is 0.274 e. The Kier molecular flexibility index (Phi) is 6.83. The van der Waals surface area contributed by atoms with Crippen LogP contribution in [0.3, 0.4) is 0 Å². The highest BCUT2D eigenvalue weighted by atomic mass is 16.5. The Morgan fingerprint density at radius 2 is 1.88 bits per heavy atom. The molecule has 4 heterocycles. The van der Waals surface area contributed by atoms with Crippen LogP contribution >= 0.6 is 0 Å². The number of pyridine rings is 1. The maximum Gasteiger partial charge on any atom is 0.274 e. The van der Waals surface area contributed by atoms with Gasteiger partial charge in [-0.3, -0.25) is 14.3 Å². The van der Waals surface area contributed by atoms with Gasteiger partial charge in [-0.15, -0.1) is 0 Å². The Morgan fingerprint density at radius 1 is 1.05 bits per heavy atom. The fraction of sp³-hybridized carbons (Fsp3) is 0.387. The normalized spacial score (nSPS) is 14.8. The van der Waals surface area contributed by atoms with Crippen LogP contribution in [0.4, 0.5) is 17.2 Å². The van der Waals surface area contributed by atoms with Gasteiger partial charge in [0.2, 0.25) is 0 Å². The highest BCUT2D eigenvalue weighted by Gasteiger charge is 2.31. The molecule has 0 fully saturated rings. The molecule has 0 atom stereocenters. The van der Waals surface area contributed by atoms with Gasteiger partial charge in [-0.1, -0.05) is 19.1 Å². The summed E-state index contributed by atoms with van der Waals surface area (Å²) in [6.07, 6.45) is 7.13. The van der Waals surface area contributed by atoms with Gasteiger partial charge < -0.3 is 24.1 Å². The molecular weight excluding hydrogens is 504 g/mol. The van der Waals surface area contributed by atoms with Crippen molar-refractivity contribution < 1.29 is 9.53 Å². The third-order valence-electron chi connectivity index (χ3n) is 8.24. The number of methoxy groups -OCH3 is 1. The minimum atomic E-state index is -0.146. The van der Waals surface area contributed by atoms with Crippen molar-refractivity contribution in [3.8, 4) is 11.1 Å². The Balaban J connectivity index is 1.37. The van der Waals surface area contributed by atoms with Gasteiger partial charge in [0.1, 0.15) is 11.4 Å². The highest BCUT2D eigenvalue weighted by Crippen LogP contribution is 2.36. The topological polar surface area (TPSA) is 86.3 Å². The van der Waals surface area contributed by atoms with E-state index in [9.17, 15) is 9.59 Å². The molecule has 1 N–H and O–H groups in total. The molecule has 0 saturated heterocycles. The number of ether oxygens (including phenoxy) is 1. The maximum atomic E-state index is 13.8. The summed E-state index contributed by atoms with van der Waals surface area (Å²) in [4.78, 5) is 28.8. The quantitative estimate of drug-likeness (QED) is 0.371. The number of aromatic nitrogens is 4. The average molecular weight is 541 g/mol. The summed E-state index contributed by atoms with van der Waals surface area (Å²) in [6.45, 7) is 4.00. The van der Waals surface area contributed by atoms with Crippen LogP contribution in [0.15, 0.2) is 47.4 Å². The van der Waals surface area contributed by atoms with E-state index in [1.807, 2.05) is 42.4 Å². The Morgan fingerprint density at radius 3 is 2.67 bits per heavy atom. The molecule has 0 spiro atoms. The van der Waals surface area contributed by atoms with Crippen molar-refractivity contribution in [2.45, 2.75) is 52.2 Å². The minimum absolute atomic E-state index is 0.0670. The summed E-state index contributed by atoms with van der Waals surface area (Å²) in [5.74, 6) is 0.648. The van der Waals surface area contributed by atoms with Gasteiger partial charge >= 0.3 is 0 Å². The maximum absolute atomic E-state index is 13.8. The van der Waals surface area contributed by atoms with Crippen molar-refractivity contribution in [3.05, 3.63) is 81.2 Å². The van der Waals surface area contributed by atoms with E-state index in [-0.39, 0.29) is 11.5 Å². The number of rotatable bonds is 7. The van der Waals surface area contributed by atoms with E-state index >= 15 is 0 Å². The number of nitrogens with zero attached hydrogens (tertiary/aromatic N) is 5. The second kappa shape index (κ2) is 10.5. The summed E-state index contributed by atoms with van der Waals surface area (Å²) in [6, 6.07) is 12.0. The predicted octanol–water partition coefficient (Wildman–Crippen LogP) is 4.58. The van der Waals surface area contributed by atoms with Crippen LogP contribution in [0.5, 0.6) is 0 Å². The Hall–Kier alpha value is -4.11. The van der Waals surface area contributed by atoms with Crippen LogP contribution in [-0.2, 0) is 51.2 Å². The molecule has 6 rings (SSSR count). The molecule has 9 heteroatoms. The summed E-state index contributed by atoms with van der Waals surface area (Å²) in [5.41, 5.74) is 8.63. The Bertz CT molecular complexity index is 1660. The molecule has 0 unspecified atom stereocenters. The first-order valence-corrected chi connectivity index (χ1v) is 14.0. The van der Waals surface area contributed by atoms with Crippen LogP contribution in [0.2, 0.25) is 0 Å². The van der Waals surface area contributed by atoms with E-state index in [4.69, 9.17) is 4.74 Å². The highest BCUT2D eigenvalue weighted by molar-refractivity contribution is 6.07. The number of benzene rings is 1. The van der Waals surface area contributed by atoms with E-state index in [1.54, 1.807) is 23.4 Å². The third-order valence-corrected chi connectivity index (χ3v) is 8.24.